The Kier molecular flexibility index (Phi) is 7.33. The van der Waals surface area contributed by atoms with Gasteiger partial charge in [0.25, 0.3) is 0 Å². The van der Waals surface area contributed by atoms with Crippen LogP contribution in [0.2, 0.25) is 0 Å². The molecule has 0 aliphatic carbocycles. The van der Waals surface area contributed by atoms with Crippen molar-refractivity contribution in [2.24, 2.45) is 5.92 Å². The van der Waals surface area contributed by atoms with Crippen molar-refractivity contribution in [2.75, 3.05) is 19.6 Å². The molecule has 0 atom stereocenters. The molecule has 0 aromatic carbocycles. The standard InChI is InChI=1S/C15H30N2O/c1-4-5-6-7-10-16-14-8-11-17(12-9-14)15(18)13(2)3/h13-14,16H,4-12H2,1-3H3. The summed E-state index contributed by atoms with van der Waals surface area (Å²) in [7, 11) is 0. The van der Waals surface area contributed by atoms with Crippen LogP contribution < -0.4 is 5.32 Å². The zero-order chi connectivity index (χ0) is 13.4. The van der Waals surface area contributed by atoms with Crippen LogP contribution >= 0.6 is 0 Å². The van der Waals surface area contributed by atoms with Gasteiger partial charge in [-0.05, 0) is 25.8 Å². The van der Waals surface area contributed by atoms with Crippen molar-refractivity contribution >= 4 is 5.91 Å². The van der Waals surface area contributed by atoms with Crippen LogP contribution in [-0.4, -0.2) is 36.5 Å². The van der Waals surface area contributed by atoms with Crippen LogP contribution in [0.1, 0.15) is 59.3 Å². The summed E-state index contributed by atoms with van der Waals surface area (Å²) in [5.74, 6) is 0.458. The lowest BCUT2D eigenvalue weighted by atomic mass is 10.0. The van der Waals surface area contributed by atoms with Crippen LogP contribution in [0, 0.1) is 5.92 Å². The third kappa shape index (κ3) is 5.38. The van der Waals surface area contributed by atoms with Gasteiger partial charge < -0.3 is 10.2 Å². The molecule has 0 radical (unpaired) electrons. The minimum absolute atomic E-state index is 0.142. The van der Waals surface area contributed by atoms with E-state index in [2.05, 4.69) is 12.2 Å². The molecular formula is C15H30N2O. The van der Waals surface area contributed by atoms with Crippen molar-refractivity contribution in [1.82, 2.24) is 10.2 Å². The summed E-state index contributed by atoms with van der Waals surface area (Å²) < 4.78 is 0. The minimum atomic E-state index is 0.142. The molecule has 0 aromatic rings. The van der Waals surface area contributed by atoms with Crippen molar-refractivity contribution < 1.29 is 4.79 Å². The Bertz CT molecular complexity index is 233. The molecule has 3 nitrogen and oxygen atoms in total. The number of hydrogen-bond acceptors (Lipinski definition) is 2. The number of nitrogens with one attached hydrogen (secondary N) is 1. The van der Waals surface area contributed by atoms with Crippen LogP contribution in [0.5, 0.6) is 0 Å². The number of nitrogens with zero attached hydrogens (tertiary/aromatic N) is 1. The monoisotopic (exact) mass is 254 g/mol. The van der Waals surface area contributed by atoms with Gasteiger partial charge in [0, 0.05) is 25.0 Å². The number of carbonyl (C=O) groups excluding carboxylic acids is 1. The molecule has 18 heavy (non-hydrogen) atoms. The molecule has 0 spiro atoms. The van der Waals surface area contributed by atoms with Crippen LogP contribution in [0.3, 0.4) is 0 Å². The quantitative estimate of drug-likeness (QED) is 0.709. The highest BCUT2D eigenvalue weighted by Crippen LogP contribution is 2.13. The maximum Gasteiger partial charge on any atom is 0.225 e. The summed E-state index contributed by atoms with van der Waals surface area (Å²) in [6.07, 6.45) is 7.52. The molecule has 0 saturated carbocycles. The van der Waals surface area contributed by atoms with E-state index in [4.69, 9.17) is 0 Å². The first kappa shape index (κ1) is 15.5. The van der Waals surface area contributed by atoms with Crippen LogP contribution in [-0.2, 0) is 4.79 Å². The highest BCUT2D eigenvalue weighted by molar-refractivity contribution is 5.78. The van der Waals surface area contributed by atoms with E-state index in [1.54, 1.807) is 0 Å². The third-order valence-corrected chi connectivity index (χ3v) is 3.76. The lowest BCUT2D eigenvalue weighted by molar-refractivity contribution is -0.135. The van der Waals surface area contributed by atoms with Gasteiger partial charge >= 0.3 is 0 Å². The van der Waals surface area contributed by atoms with Gasteiger partial charge in [0.1, 0.15) is 0 Å². The number of likely N-dealkylation sites (tertiary alicyclic amines) is 1. The van der Waals surface area contributed by atoms with E-state index < -0.39 is 0 Å². The molecule has 1 saturated heterocycles. The maximum atomic E-state index is 11.8. The summed E-state index contributed by atoms with van der Waals surface area (Å²) in [6, 6.07) is 0.628. The van der Waals surface area contributed by atoms with E-state index in [9.17, 15) is 4.79 Å². The highest BCUT2D eigenvalue weighted by Gasteiger charge is 2.23. The van der Waals surface area contributed by atoms with Crippen molar-refractivity contribution in [3.05, 3.63) is 0 Å². The van der Waals surface area contributed by atoms with Crippen LogP contribution in [0.25, 0.3) is 0 Å². The lowest BCUT2D eigenvalue weighted by Gasteiger charge is -2.33. The Labute approximate surface area is 112 Å². The normalized spacial score (nSPS) is 17.4. The number of rotatable bonds is 7. The predicted molar refractivity (Wildman–Crippen MR) is 76.6 cm³/mol. The lowest BCUT2D eigenvalue weighted by Crippen LogP contribution is -2.46. The van der Waals surface area contributed by atoms with Gasteiger partial charge in [0.2, 0.25) is 5.91 Å². The van der Waals surface area contributed by atoms with Crippen molar-refractivity contribution in [3.63, 3.8) is 0 Å². The smallest absolute Gasteiger partial charge is 0.225 e. The van der Waals surface area contributed by atoms with Gasteiger partial charge in [-0.15, -0.1) is 0 Å². The predicted octanol–water partition coefficient (Wildman–Crippen LogP) is 2.80. The van der Waals surface area contributed by atoms with Gasteiger partial charge in [0.15, 0.2) is 0 Å². The first-order valence-corrected chi connectivity index (χ1v) is 7.67. The minimum Gasteiger partial charge on any atom is -0.342 e. The molecule has 106 valence electrons. The zero-order valence-electron chi connectivity index (χ0n) is 12.4. The van der Waals surface area contributed by atoms with Gasteiger partial charge in [0.05, 0.1) is 0 Å². The van der Waals surface area contributed by atoms with E-state index in [-0.39, 0.29) is 5.92 Å². The molecule has 1 aliphatic rings. The summed E-state index contributed by atoms with van der Waals surface area (Å²) >= 11 is 0. The summed E-state index contributed by atoms with van der Waals surface area (Å²) in [5, 5.41) is 3.63. The number of carbonyl (C=O) groups is 1. The van der Waals surface area contributed by atoms with E-state index in [0.717, 1.165) is 32.5 Å². The van der Waals surface area contributed by atoms with Gasteiger partial charge in [-0.25, -0.2) is 0 Å². The Morgan fingerprint density at radius 1 is 1.22 bits per heavy atom. The van der Waals surface area contributed by atoms with Gasteiger partial charge in [-0.1, -0.05) is 40.0 Å². The Morgan fingerprint density at radius 2 is 1.89 bits per heavy atom. The second-order valence-electron chi connectivity index (χ2n) is 5.77. The van der Waals surface area contributed by atoms with E-state index >= 15 is 0 Å². The molecule has 1 rings (SSSR count). The second kappa shape index (κ2) is 8.52. The van der Waals surface area contributed by atoms with E-state index in [1.807, 2.05) is 18.7 Å². The van der Waals surface area contributed by atoms with E-state index in [1.165, 1.54) is 25.7 Å². The molecule has 1 heterocycles. The number of unbranched alkanes of at least 4 members (excludes halogenated alkanes) is 3. The molecule has 0 unspecified atom stereocenters. The Hall–Kier alpha value is -0.570. The average Bonchev–Trinajstić information content (AvgIpc) is 2.38. The topological polar surface area (TPSA) is 32.3 Å². The molecule has 0 bridgehead atoms. The fraction of sp³-hybridized carbons (Fsp3) is 0.933. The third-order valence-electron chi connectivity index (χ3n) is 3.76. The van der Waals surface area contributed by atoms with E-state index in [0.29, 0.717) is 11.9 Å². The SMILES string of the molecule is CCCCCCNC1CCN(C(=O)C(C)C)CC1. The molecular weight excluding hydrogens is 224 g/mol. The van der Waals surface area contributed by atoms with Crippen LogP contribution in [0.15, 0.2) is 0 Å². The molecule has 1 amide bonds. The fourth-order valence-corrected chi connectivity index (χ4v) is 2.53. The molecule has 0 aromatic heterocycles. The summed E-state index contributed by atoms with van der Waals surface area (Å²) in [5.41, 5.74) is 0. The number of piperidine rings is 1. The molecule has 1 aliphatic heterocycles. The first-order chi connectivity index (χ1) is 8.65. The zero-order valence-corrected chi connectivity index (χ0v) is 12.4. The highest BCUT2D eigenvalue weighted by atomic mass is 16.2. The number of amides is 1. The fourth-order valence-electron chi connectivity index (χ4n) is 2.53. The molecule has 1 fully saturated rings. The summed E-state index contributed by atoms with van der Waals surface area (Å²) in [4.78, 5) is 13.9. The van der Waals surface area contributed by atoms with Gasteiger partial charge in [-0.2, -0.15) is 0 Å². The van der Waals surface area contributed by atoms with Crippen molar-refractivity contribution in [3.8, 4) is 0 Å². The van der Waals surface area contributed by atoms with Crippen molar-refractivity contribution in [1.29, 1.82) is 0 Å². The largest absolute Gasteiger partial charge is 0.342 e. The van der Waals surface area contributed by atoms with Gasteiger partial charge in [-0.3, -0.25) is 4.79 Å². The molecule has 1 N–H and O–H groups in total. The Morgan fingerprint density at radius 3 is 2.44 bits per heavy atom. The van der Waals surface area contributed by atoms with Crippen molar-refractivity contribution in [2.45, 2.75) is 65.3 Å². The Balaban J connectivity index is 2.10. The van der Waals surface area contributed by atoms with Crippen LogP contribution in [0.4, 0.5) is 0 Å². The summed E-state index contributed by atoms with van der Waals surface area (Å²) in [6.45, 7) is 9.23. The molecule has 3 heteroatoms. The number of hydrogen-bond donors (Lipinski definition) is 1. The second-order valence-corrected chi connectivity index (χ2v) is 5.77. The maximum absolute atomic E-state index is 11.8. The first-order valence-electron chi connectivity index (χ1n) is 7.67. The average molecular weight is 254 g/mol.